The number of hydrogen-bond acceptors (Lipinski definition) is 3. The number of nitrogens with two attached hydrogens (primary N) is 1. The molecule has 1 saturated carbocycles. The lowest BCUT2D eigenvalue weighted by Crippen LogP contribution is -2.08. The van der Waals surface area contributed by atoms with Crippen LogP contribution in [0.5, 0.6) is 11.5 Å². The Morgan fingerprint density at radius 1 is 1.44 bits per heavy atom. The van der Waals surface area contributed by atoms with Crippen molar-refractivity contribution in [2.45, 2.75) is 25.4 Å². The summed E-state index contributed by atoms with van der Waals surface area (Å²) in [5.74, 6) is 0.788. The van der Waals surface area contributed by atoms with Gasteiger partial charge < -0.3 is 15.2 Å². The molecule has 0 saturated heterocycles. The third-order valence-electron chi connectivity index (χ3n) is 2.54. The first-order valence-electron chi connectivity index (χ1n) is 5.47. The van der Waals surface area contributed by atoms with E-state index in [0.29, 0.717) is 24.5 Å². The quantitative estimate of drug-likeness (QED) is 0.832. The first-order chi connectivity index (χ1) is 7.74. The van der Waals surface area contributed by atoms with Crippen molar-refractivity contribution in [1.82, 2.24) is 0 Å². The molecule has 16 heavy (non-hydrogen) atoms. The van der Waals surface area contributed by atoms with E-state index in [2.05, 4.69) is 0 Å². The Morgan fingerprint density at radius 2 is 2.19 bits per heavy atom. The van der Waals surface area contributed by atoms with Crippen molar-refractivity contribution in [2.75, 3.05) is 13.7 Å². The molecule has 88 valence electrons. The lowest BCUT2D eigenvalue weighted by molar-refractivity contribution is 0.278. The van der Waals surface area contributed by atoms with Crippen molar-refractivity contribution in [2.24, 2.45) is 5.73 Å². The minimum Gasteiger partial charge on any atom is -0.493 e. The third-order valence-corrected chi connectivity index (χ3v) is 2.54. The van der Waals surface area contributed by atoms with Crippen LogP contribution in [0.2, 0.25) is 0 Å². The predicted molar refractivity (Wildman–Crippen MR) is 59.4 cm³/mol. The first-order valence-corrected chi connectivity index (χ1v) is 5.47. The summed E-state index contributed by atoms with van der Waals surface area (Å²) in [6.07, 6.45) is 2.97. The van der Waals surface area contributed by atoms with Crippen molar-refractivity contribution in [3.05, 3.63) is 23.5 Å². The summed E-state index contributed by atoms with van der Waals surface area (Å²) < 4.78 is 24.2. The van der Waals surface area contributed by atoms with Crippen LogP contribution in [0.15, 0.2) is 12.1 Å². The largest absolute Gasteiger partial charge is 0.493 e. The standard InChI is InChI=1S/C12H16FNO2/c1-15-11-7-9(13)6-8(4-5-14)12(11)16-10-2-3-10/h6-7,10H,2-5,14H2,1H3. The topological polar surface area (TPSA) is 44.5 Å². The van der Waals surface area contributed by atoms with Gasteiger partial charge in [0.2, 0.25) is 0 Å². The zero-order valence-electron chi connectivity index (χ0n) is 9.33. The molecule has 0 spiro atoms. The normalized spacial score (nSPS) is 14.9. The molecule has 3 nitrogen and oxygen atoms in total. The summed E-state index contributed by atoms with van der Waals surface area (Å²) >= 11 is 0. The fourth-order valence-corrected chi connectivity index (χ4v) is 1.60. The molecule has 1 aromatic rings. The van der Waals surface area contributed by atoms with E-state index in [4.69, 9.17) is 15.2 Å². The molecule has 0 aromatic heterocycles. The first kappa shape index (κ1) is 11.2. The molecule has 0 unspecified atom stereocenters. The SMILES string of the molecule is COc1cc(F)cc(CCN)c1OC1CC1. The van der Waals surface area contributed by atoms with Gasteiger partial charge in [-0.05, 0) is 31.9 Å². The van der Waals surface area contributed by atoms with Crippen molar-refractivity contribution in [3.8, 4) is 11.5 Å². The Hall–Kier alpha value is -1.29. The van der Waals surface area contributed by atoms with Crippen molar-refractivity contribution < 1.29 is 13.9 Å². The zero-order valence-corrected chi connectivity index (χ0v) is 9.33. The molecule has 0 bridgehead atoms. The van der Waals surface area contributed by atoms with E-state index in [-0.39, 0.29) is 11.9 Å². The van der Waals surface area contributed by atoms with Crippen molar-refractivity contribution in [1.29, 1.82) is 0 Å². The van der Waals surface area contributed by atoms with E-state index in [1.54, 1.807) is 0 Å². The van der Waals surface area contributed by atoms with Crippen LogP contribution in [0.4, 0.5) is 4.39 Å². The number of rotatable bonds is 5. The van der Waals surface area contributed by atoms with Gasteiger partial charge in [-0.25, -0.2) is 4.39 Å². The maximum absolute atomic E-state index is 13.3. The molecule has 0 heterocycles. The van der Waals surface area contributed by atoms with Gasteiger partial charge in [0, 0.05) is 11.6 Å². The lowest BCUT2D eigenvalue weighted by Gasteiger charge is -2.14. The van der Waals surface area contributed by atoms with Crippen LogP contribution in [0.1, 0.15) is 18.4 Å². The highest BCUT2D eigenvalue weighted by Gasteiger charge is 2.26. The van der Waals surface area contributed by atoms with Gasteiger partial charge in [0.1, 0.15) is 5.82 Å². The van der Waals surface area contributed by atoms with Gasteiger partial charge in [-0.3, -0.25) is 0 Å². The van der Waals surface area contributed by atoms with Crippen LogP contribution in [-0.4, -0.2) is 19.8 Å². The van der Waals surface area contributed by atoms with E-state index in [1.165, 1.54) is 19.2 Å². The van der Waals surface area contributed by atoms with Gasteiger partial charge >= 0.3 is 0 Å². The molecule has 0 aliphatic heterocycles. The number of methoxy groups -OCH3 is 1. The molecular formula is C12H16FNO2. The zero-order chi connectivity index (χ0) is 11.5. The van der Waals surface area contributed by atoms with Crippen LogP contribution >= 0.6 is 0 Å². The third kappa shape index (κ3) is 2.44. The second kappa shape index (κ2) is 4.70. The van der Waals surface area contributed by atoms with E-state index >= 15 is 0 Å². The minimum absolute atomic E-state index is 0.260. The summed E-state index contributed by atoms with van der Waals surface area (Å²) in [5.41, 5.74) is 6.28. The monoisotopic (exact) mass is 225 g/mol. The molecule has 0 amide bonds. The van der Waals surface area contributed by atoms with E-state index in [9.17, 15) is 4.39 Å². The highest BCUT2D eigenvalue weighted by Crippen LogP contribution is 2.37. The van der Waals surface area contributed by atoms with Crippen LogP contribution in [-0.2, 0) is 6.42 Å². The van der Waals surface area contributed by atoms with Gasteiger partial charge in [-0.2, -0.15) is 0 Å². The average molecular weight is 225 g/mol. The molecule has 0 atom stereocenters. The van der Waals surface area contributed by atoms with Gasteiger partial charge in [0.25, 0.3) is 0 Å². The lowest BCUT2D eigenvalue weighted by atomic mass is 10.1. The summed E-state index contributed by atoms with van der Waals surface area (Å²) in [7, 11) is 1.51. The number of halogens is 1. The smallest absolute Gasteiger partial charge is 0.165 e. The highest BCUT2D eigenvalue weighted by atomic mass is 19.1. The molecule has 2 rings (SSSR count). The summed E-state index contributed by atoms with van der Waals surface area (Å²) in [6.45, 7) is 0.466. The van der Waals surface area contributed by atoms with E-state index in [0.717, 1.165) is 18.4 Å². The maximum Gasteiger partial charge on any atom is 0.165 e. The Morgan fingerprint density at radius 3 is 2.75 bits per heavy atom. The van der Waals surface area contributed by atoms with E-state index in [1.807, 2.05) is 0 Å². The molecule has 0 radical (unpaired) electrons. The molecule has 2 N–H and O–H groups in total. The van der Waals surface area contributed by atoms with Crippen LogP contribution < -0.4 is 15.2 Å². The average Bonchev–Trinajstić information content (AvgIpc) is 3.05. The van der Waals surface area contributed by atoms with Crippen LogP contribution in [0, 0.1) is 5.82 Å². The Balaban J connectivity index is 2.33. The van der Waals surface area contributed by atoms with Gasteiger partial charge in [-0.1, -0.05) is 0 Å². The highest BCUT2D eigenvalue weighted by molar-refractivity contribution is 5.47. The van der Waals surface area contributed by atoms with Gasteiger partial charge in [0.15, 0.2) is 11.5 Å². The van der Waals surface area contributed by atoms with Crippen molar-refractivity contribution >= 4 is 0 Å². The molecule has 1 aromatic carbocycles. The Labute approximate surface area is 94.3 Å². The fraction of sp³-hybridized carbons (Fsp3) is 0.500. The summed E-state index contributed by atoms with van der Waals surface area (Å²) in [6, 6.07) is 2.81. The Bertz CT molecular complexity index is 378. The molecule has 1 aliphatic carbocycles. The second-order valence-corrected chi connectivity index (χ2v) is 3.95. The van der Waals surface area contributed by atoms with Crippen LogP contribution in [0.3, 0.4) is 0 Å². The predicted octanol–water partition coefficient (Wildman–Crippen LogP) is 1.88. The van der Waals surface area contributed by atoms with E-state index < -0.39 is 0 Å². The summed E-state index contributed by atoms with van der Waals surface area (Å²) in [4.78, 5) is 0. The van der Waals surface area contributed by atoms with Crippen LogP contribution in [0.25, 0.3) is 0 Å². The van der Waals surface area contributed by atoms with Crippen molar-refractivity contribution in [3.63, 3.8) is 0 Å². The number of hydrogen-bond donors (Lipinski definition) is 1. The number of benzene rings is 1. The second-order valence-electron chi connectivity index (χ2n) is 3.95. The molecule has 1 fully saturated rings. The Kier molecular flexibility index (Phi) is 3.29. The minimum atomic E-state index is -0.316. The maximum atomic E-state index is 13.3. The number of ether oxygens (including phenoxy) is 2. The fourth-order valence-electron chi connectivity index (χ4n) is 1.60. The molecular weight excluding hydrogens is 209 g/mol. The summed E-state index contributed by atoms with van der Waals surface area (Å²) in [5, 5.41) is 0. The molecule has 1 aliphatic rings. The van der Waals surface area contributed by atoms with Gasteiger partial charge in [0.05, 0.1) is 13.2 Å². The molecule has 4 heteroatoms. The van der Waals surface area contributed by atoms with Gasteiger partial charge in [-0.15, -0.1) is 0 Å².